The van der Waals surface area contributed by atoms with Crippen LogP contribution in [-0.4, -0.2) is 46.0 Å². The zero-order valence-electron chi connectivity index (χ0n) is 18.9. The predicted molar refractivity (Wildman–Crippen MR) is 121 cm³/mol. The van der Waals surface area contributed by atoms with Gasteiger partial charge in [-0.2, -0.15) is 0 Å². The van der Waals surface area contributed by atoms with E-state index in [0.29, 0.717) is 5.13 Å². The van der Waals surface area contributed by atoms with Crippen molar-refractivity contribution in [1.82, 2.24) is 9.88 Å². The van der Waals surface area contributed by atoms with Crippen molar-refractivity contribution in [3.8, 4) is 0 Å². The van der Waals surface area contributed by atoms with Gasteiger partial charge in [0.25, 0.3) is 0 Å². The summed E-state index contributed by atoms with van der Waals surface area (Å²) in [4.78, 5) is 33.3. The van der Waals surface area contributed by atoms with E-state index in [9.17, 15) is 14.7 Å². The van der Waals surface area contributed by atoms with Gasteiger partial charge in [0.2, 0.25) is 11.8 Å². The fraction of sp³-hybridized carbons (Fsp3) is 0.792. The van der Waals surface area contributed by atoms with Crippen molar-refractivity contribution in [2.24, 2.45) is 29.1 Å². The van der Waals surface area contributed by atoms with Crippen LogP contribution in [0.2, 0.25) is 0 Å². The van der Waals surface area contributed by atoms with E-state index in [4.69, 9.17) is 4.98 Å². The number of fused-ring (bicyclic) bond motifs is 2. The molecule has 0 radical (unpaired) electrons. The second kappa shape index (κ2) is 7.84. The van der Waals surface area contributed by atoms with Crippen LogP contribution in [0, 0.1) is 29.1 Å². The first kappa shape index (κ1) is 21.4. The van der Waals surface area contributed by atoms with Crippen molar-refractivity contribution in [3.05, 3.63) is 10.6 Å². The van der Waals surface area contributed by atoms with E-state index in [1.807, 2.05) is 11.8 Å². The van der Waals surface area contributed by atoms with Gasteiger partial charge in [0, 0.05) is 35.7 Å². The summed E-state index contributed by atoms with van der Waals surface area (Å²) in [5, 5.41) is 15.3. The highest BCUT2D eigenvalue weighted by Gasteiger charge is 2.54. The molecule has 5 rings (SSSR count). The second-order valence-electron chi connectivity index (χ2n) is 10.8. The standard InChI is InChI=1S/C24H35N3O3S/c1-13(22(30)27-10-4-5-11-27)16-8-9-24(3)12-17-19(14(2)18(24)20(16)28)25-23(31-17)26-21(29)15-6-7-15/h13-16,18,20,28H,4-12H2,1-3H3,(H,25,26,29)/t13-,14-,16+,18+,20-,24-/m0/s1. The monoisotopic (exact) mass is 445 g/mol. The maximum absolute atomic E-state index is 13.0. The predicted octanol–water partition coefficient (Wildman–Crippen LogP) is 3.80. The molecule has 2 saturated carbocycles. The lowest BCUT2D eigenvalue weighted by Crippen LogP contribution is -2.53. The molecule has 2 amide bonds. The molecule has 0 aromatic carbocycles. The average molecular weight is 446 g/mol. The topological polar surface area (TPSA) is 82.5 Å². The van der Waals surface area contributed by atoms with Crippen LogP contribution >= 0.6 is 11.3 Å². The Hall–Kier alpha value is -1.47. The number of likely N-dealkylation sites (tertiary alicyclic amines) is 1. The Balaban J connectivity index is 1.36. The third kappa shape index (κ3) is 3.71. The number of nitrogens with zero attached hydrogens (tertiary/aromatic N) is 2. The van der Waals surface area contributed by atoms with Crippen LogP contribution < -0.4 is 5.32 Å². The highest BCUT2D eigenvalue weighted by molar-refractivity contribution is 7.15. The first-order valence-electron chi connectivity index (χ1n) is 12.1. The summed E-state index contributed by atoms with van der Waals surface area (Å²) in [6, 6.07) is 0. The van der Waals surface area contributed by atoms with Crippen LogP contribution in [0.5, 0.6) is 0 Å². The summed E-state index contributed by atoms with van der Waals surface area (Å²) in [5.41, 5.74) is 1.04. The van der Waals surface area contributed by atoms with E-state index in [2.05, 4.69) is 19.2 Å². The zero-order valence-corrected chi connectivity index (χ0v) is 19.7. The number of anilines is 1. The van der Waals surface area contributed by atoms with E-state index in [1.165, 1.54) is 4.88 Å². The van der Waals surface area contributed by atoms with Gasteiger partial charge in [-0.25, -0.2) is 4.98 Å². The van der Waals surface area contributed by atoms with Gasteiger partial charge in [-0.1, -0.05) is 20.8 Å². The molecule has 1 saturated heterocycles. The highest BCUT2D eigenvalue weighted by atomic mass is 32.1. The lowest BCUT2D eigenvalue weighted by atomic mass is 9.53. The van der Waals surface area contributed by atoms with Gasteiger partial charge in [0.1, 0.15) is 0 Å². The van der Waals surface area contributed by atoms with Gasteiger partial charge in [-0.3, -0.25) is 9.59 Å². The summed E-state index contributed by atoms with van der Waals surface area (Å²) in [6.07, 6.45) is 6.45. The van der Waals surface area contributed by atoms with Crippen molar-refractivity contribution >= 4 is 28.3 Å². The molecule has 2 N–H and O–H groups in total. The first-order valence-corrected chi connectivity index (χ1v) is 12.9. The fourth-order valence-electron chi connectivity index (χ4n) is 6.56. The molecule has 1 aliphatic heterocycles. The van der Waals surface area contributed by atoms with E-state index < -0.39 is 6.10 Å². The van der Waals surface area contributed by atoms with Gasteiger partial charge < -0.3 is 15.3 Å². The Morgan fingerprint density at radius 2 is 1.97 bits per heavy atom. The molecule has 0 spiro atoms. The number of nitrogens with one attached hydrogen (secondary N) is 1. The molecule has 1 aromatic rings. The Bertz CT molecular complexity index is 875. The van der Waals surface area contributed by atoms with E-state index in [0.717, 1.165) is 63.7 Å². The van der Waals surface area contributed by atoms with Gasteiger partial charge in [0.15, 0.2) is 5.13 Å². The smallest absolute Gasteiger partial charge is 0.229 e. The quantitative estimate of drug-likeness (QED) is 0.738. The Morgan fingerprint density at radius 3 is 2.65 bits per heavy atom. The normalized spacial score (nSPS) is 35.9. The van der Waals surface area contributed by atoms with Crippen molar-refractivity contribution in [2.45, 2.75) is 77.7 Å². The lowest BCUT2D eigenvalue weighted by Gasteiger charge is -2.53. The molecule has 6 atom stereocenters. The van der Waals surface area contributed by atoms with Crippen LogP contribution in [0.4, 0.5) is 5.13 Å². The molecule has 4 aliphatic rings. The Morgan fingerprint density at radius 1 is 1.26 bits per heavy atom. The Kier molecular flexibility index (Phi) is 5.40. The number of thiazole rings is 1. The van der Waals surface area contributed by atoms with Gasteiger partial charge in [-0.15, -0.1) is 11.3 Å². The molecule has 0 unspecified atom stereocenters. The summed E-state index contributed by atoms with van der Waals surface area (Å²) in [5.74, 6) is 0.531. The molecule has 170 valence electrons. The lowest BCUT2D eigenvalue weighted by molar-refractivity contribution is -0.143. The maximum atomic E-state index is 13.0. The molecule has 1 aromatic heterocycles. The number of rotatable bonds is 4. The largest absolute Gasteiger partial charge is 0.392 e. The van der Waals surface area contributed by atoms with E-state index >= 15 is 0 Å². The molecule has 0 bridgehead atoms. The highest BCUT2D eigenvalue weighted by Crippen LogP contribution is 2.57. The fourth-order valence-corrected chi connectivity index (χ4v) is 7.83. The van der Waals surface area contributed by atoms with Crippen molar-refractivity contribution in [3.63, 3.8) is 0 Å². The summed E-state index contributed by atoms with van der Waals surface area (Å²) in [6.45, 7) is 8.21. The van der Waals surface area contributed by atoms with Crippen molar-refractivity contribution in [1.29, 1.82) is 0 Å². The number of carbonyl (C=O) groups excluding carboxylic acids is 2. The van der Waals surface area contributed by atoms with Crippen LogP contribution in [0.15, 0.2) is 0 Å². The minimum atomic E-state index is -0.505. The summed E-state index contributed by atoms with van der Waals surface area (Å²) >= 11 is 1.61. The number of aliphatic hydroxyl groups is 1. The third-order valence-electron chi connectivity index (χ3n) is 8.55. The minimum absolute atomic E-state index is 0.00264. The number of amides is 2. The number of aliphatic hydroxyl groups excluding tert-OH is 1. The molecule has 3 fully saturated rings. The van der Waals surface area contributed by atoms with Gasteiger partial charge >= 0.3 is 0 Å². The number of hydrogen-bond donors (Lipinski definition) is 2. The number of carbonyl (C=O) groups is 2. The zero-order chi connectivity index (χ0) is 21.9. The molecular formula is C24H35N3O3S. The minimum Gasteiger partial charge on any atom is -0.392 e. The van der Waals surface area contributed by atoms with Crippen LogP contribution in [0.25, 0.3) is 0 Å². The second-order valence-corrected chi connectivity index (χ2v) is 11.8. The van der Waals surface area contributed by atoms with Crippen molar-refractivity contribution in [2.75, 3.05) is 18.4 Å². The Labute approximate surface area is 188 Å². The molecule has 31 heavy (non-hydrogen) atoms. The molecular weight excluding hydrogens is 410 g/mol. The van der Waals surface area contributed by atoms with Crippen LogP contribution in [0.1, 0.15) is 75.8 Å². The van der Waals surface area contributed by atoms with Crippen LogP contribution in [-0.2, 0) is 16.0 Å². The SMILES string of the molecule is C[C@H](C(=O)N1CCCC1)[C@H]1CC[C@@]2(C)Cc3sc(NC(=O)C4CC4)nc3[C@@H](C)[C@@H]2[C@H]1O. The maximum Gasteiger partial charge on any atom is 0.229 e. The number of aromatic nitrogens is 1. The van der Waals surface area contributed by atoms with Gasteiger partial charge in [0.05, 0.1) is 11.8 Å². The molecule has 7 heteroatoms. The first-order chi connectivity index (χ1) is 14.8. The molecule has 2 heterocycles. The van der Waals surface area contributed by atoms with Crippen molar-refractivity contribution < 1.29 is 14.7 Å². The average Bonchev–Trinajstić information content (AvgIpc) is 3.29. The van der Waals surface area contributed by atoms with E-state index in [-0.39, 0.29) is 46.8 Å². The molecule has 6 nitrogen and oxygen atoms in total. The van der Waals surface area contributed by atoms with Gasteiger partial charge in [-0.05, 0) is 62.2 Å². The molecule has 3 aliphatic carbocycles. The summed E-state index contributed by atoms with van der Waals surface area (Å²) < 4.78 is 0. The third-order valence-corrected chi connectivity index (χ3v) is 9.54. The summed E-state index contributed by atoms with van der Waals surface area (Å²) in [7, 11) is 0. The van der Waals surface area contributed by atoms with E-state index in [1.54, 1.807) is 11.3 Å². The van der Waals surface area contributed by atoms with Crippen LogP contribution in [0.3, 0.4) is 0 Å². The number of hydrogen-bond acceptors (Lipinski definition) is 5.